The molecular formula is C10H11BrN2O. The Morgan fingerprint density at radius 2 is 2.36 bits per heavy atom. The van der Waals surface area contributed by atoms with Crippen LogP contribution in [0.1, 0.15) is 6.92 Å². The predicted octanol–water partition coefficient (Wildman–Crippen LogP) is 2.37. The van der Waals surface area contributed by atoms with Crippen molar-refractivity contribution in [2.24, 2.45) is 0 Å². The largest absolute Gasteiger partial charge is 0.333 e. The van der Waals surface area contributed by atoms with Crippen molar-refractivity contribution in [2.75, 3.05) is 11.4 Å². The minimum Gasteiger partial charge on any atom is -0.333 e. The van der Waals surface area contributed by atoms with E-state index in [1.807, 2.05) is 31.2 Å². The summed E-state index contributed by atoms with van der Waals surface area (Å²) in [6, 6.07) is 7.95. The molecule has 1 saturated heterocycles. The van der Waals surface area contributed by atoms with Gasteiger partial charge in [0.1, 0.15) is 0 Å². The molecule has 1 aliphatic rings. The number of anilines is 1. The van der Waals surface area contributed by atoms with E-state index in [9.17, 15) is 4.79 Å². The minimum atomic E-state index is -0.0180. The Morgan fingerprint density at radius 1 is 1.57 bits per heavy atom. The number of carbonyl (C=O) groups is 1. The Balaban J connectivity index is 2.27. The smallest absolute Gasteiger partial charge is 0.322 e. The molecule has 0 saturated carbocycles. The molecule has 0 aromatic heterocycles. The number of nitrogens with one attached hydrogen (secondary N) is 1. The number of benzene rings is 1. The summed E-state index contributed by atoms with van der Waals surface area (Å²) in [6.07, 6.45) is 0. The molecule has 4 heteroatoms. The lowest BCUT2D eigenvalue weighted by Crippen LogP contribution is -2.27. The lowest BCUT2D eigenvalue weighted by atomic mass is 10.3. The summed E-state index contributed by atoms with van der Waals surface area (Å²) in [4.78, 5) is 13.2. The standard InChI is InChI=1S/C10H11BrN2O/c1-7-6-13(10(14)12-7)9-4-2-3-8(11)5-9/h2-5,7H,6H2,1H3,(H,12,14). The van der Waals surface area contributed by atoms with Crippen molar-refractivity contribution in [2.45, 2.75) is 13.0 Å². The number of rotatable bonds is 1. The molecular weight excluding hydrogens is 244 g/mol. The van der Waals surface area contributed by atoms with Crippen LogP contribution in [-0.4, -0.2) is 18.6 Å². The second kappa shape index (κ2) is 3.61. The number of nitrogens with zero attached hydrogens (tertiary/aromatic N) is 1. The maximum absolute atomic E-state index is 11.5. The first kappa shape index (κ1) is 9.52. The van der Waals surface area contributed by atoms with E-state index in [0.717, 1.165) is 16.7 Å². The summed E-state index contributed by atoms with van der Waals surface area (Å²) < 4.78 is 0.988. The van der Waals surface area contributed by atoms with Gasteiger partial charge < -0.3 is 5.32 Å². The molecule has 1 heterocycles. The fourth-order valence-electron chi connectivity index (χ4n) is 1.56. The number of hydrogen-bond acceptors (Lipinski definition) is 1. The average molecular weight is 255 g/mol. The van der Waals surface area contributed by atoms with E-state index in [2.05, 4.69) is 21.2 Å². The van der Waals surface area contributed by atoms with Gasteiger partial charge in [-0.15, -0.1) is 0 Å². The van der Waals surface area contributed by atoms with Gasteiger partial charge in [0.2, 0.25) is 0 Å². The van der Waals surface area contributed by atoms with Crippen molar-refractivity contribution in [1.82, 2.24) is 5.32 Å². The first-order chi connectivity index (χ1) is 6.66. The second-order valence-electron chi connectivity index (χ2n) is 3.44. The third-order valence-electron chi connectivity index (χ3n) is 2.19. The average Bonchev–Trinajstić information content (AvgIpc) is 2.45. The van der Waals surface area contributed by atoms with Crippen LogP contribution in [0.15, 0.2) is 28.7 Å². The molecule has 1 fully saturated rings. The van der Waals surface area contributed by atoms with Crippen LogP contribution in [0.3, 0.4) is 0 Å². The summed E-state index contributed by atoms with van der Waals surface area (Å²) in [5.74, 6) is 0. The van der Waals surface area contributed by atoms with E-state index in [1.54, 1.807) is 4.90 Å². The van der Waals surface area contributed by atoms with Crippen molar-refractivity contribution in [3.05, 3.63) is 28.7 Å². The highest BCUT2D eigenvalue weighted by Gasteiger charge is 2.26. The molecule has 1 unspecified atom stereocenters. The molecule has 1 atom stereocenters. The Labute approximate surface area is 91.2 Å². The van der Waals surface area contributed by atoms with Crippen LogP contribution in [0.25, 0.3) is 0 Å². The third-order valence-corrected chi connectivity index (χ3v) is 2.68. The van der Waals surface area contributed by atoms with Crippen molar-refractivity contribution in [1.29, 1.82) is 0 Å². The number of halogens is 1. The van der Waals surface area contributed by atoms with Crippen LogP contribution in [-0.2, 0) is 0 Å². The van der Waals surface area contributed by atoms with Gasteiger partial charge in [0.05, 0.1) is 0 Å². The highest BCUT2D eigenvalue weighted by molar-refractivity contribution is 9.10. The zero-order valence-electron chi connectivity index (χ0n) is 7.83. The molecule has 1 N–H and O–H groups in total. The van der Waals surface area contributed by atoms with Gasteiger partial charge in [0.15, 0.2) is 0 Å². The second-order valence-corrected chi connectivity index (χ2v) is 4.36. The minimum absolute atomic E-state index is 0.0180. The molecule has 0 bridgehead atoms. The van der Waals surface area contributed by atoms with Crippen LogP contribution >= 0.6 is 15.9 Å². The van der Waals surface area contributed by atoms with Gasteiger partial charge in [-0.2, -0.15) is 0 Å². The number of carbonyl (C=O) groups excluding carboxylic acids is 1. The summed E-state index contributed by atoms with van der Waals surface area (Å²) in [6.45, 7) is 2.73. The zero-order valence-corrected chi connectivity index (χ0v) is 9.41. The topological polar surface area (TPSA) is 32.3 Å². The van der Waals surface area contributed by atoms with Crippen molar-refractivity contribution < 1.29 is 4.79 Å². The van der Waals surface area contributed by atoms with Gasteiger partial charge in [-0.3, -0.25) is 4.90 Å². The molecule has 0 radical (unpaired) electrons. The van der Waals surface area contributed by atoms with Gasteiger partial charge >= 0.3 is 6.03 Å². The molecule has 1 aliphatic heterocycles. The highest BCUT2D eigenvalue weighted by Crippen LogP contribution is 2.22. The normalized spacial score (nSPS) is 21.1. The van der Waals surface area contributed by atoms with Crippen molar-refractivity contribution >= 4 is 27.6 Å². The van der Waals surface area contributed by atoms with E-state index >= 15 is 0 Å². The number of hydrogen-bond donors (Lipinski definition) is 1. The van der Waals surface area contributed by atoms with Gasteiger partial charge in [-0.1, -0.05) is 22.0 Å². The SMILES string of the molecule is CC1CN(c2cccc(Br)c2)C(=O)N1. The summed E-state index contributed by atoms with van der Waals surface area (Å²) in [7, 11) is 0. The van der Waals surface area contributed by atoms with Gasteiger partial charge in [0, 0.05) is 22.7 Å². The van der Waals surface area contributed by atoms with E-state index in [0.29, 0.717) is 0 Å². The highest BCUT2D eigenvalue weighted by atomic mass is 79.9. The van der Waals surface area contributed by atoms with Crippen LogP contribution < -0.4 is 10.2 Å². The Kier molecular flexibility index (Phi) is 2.46. The Hall–Kier alpha value is -1.03. The van der Waals surface area contributed by atoms with Crippen molar-refractivity contribution in [3.63, 3.8) is 0 Å². The van der Waals surface area contributed by atoms with Crippen LogP contribution in [0, 0.1) is 0 Å². The lowest BCUT2D eigenvalue weighted by molar-refractivity contribution is 0.251. The third kappa shape index (κ3) is 1.75. The molecule has 3 nitrogen and oxygen atoms in total. The quantitative estimate of drug-likeness (QED) is 0.820. The van der Waals surface area contributed by atoms with E-state index in [1.165, 1.54) is 0 Å². The first-order valence-corrected chi connectivity index (χ1v) is 5.30. The van der Waals surface area contributed by atoms with E-state index < -0.39 is 0 Å². The fraction of sp³-hybridized carbons (Fsp3) is 0.300. The monoisotopic (exact) mass is 254 g/mol. The molecule has 14 heavy (non-hydrogen) atoms. The molecule has 2 amide bonds. The molecule has 2 rings (SSSR count). The summed E-state index contributed by atoms with van der Waals surface area (Å²) in [5, 5.41) is 2.86. The maximum atomic E-state index is 11.5. The summed E-state index contributed by atoms with van der Waals surface area (Å²) >= 11 is 3.39. The molecule has 0 spiro atoms. The predicted molar refractivity (Wildman–Crippen MR) is 59.5 cm³/mol. The van der Waals surface area contributed by atoms with Gasteiger partial charge in [0.25, 0.3) is 0 Å². The van der Waals surface area contributed by atoms with Crippen LogP contribution in [0.5, 0.6) is 0 Å². The molecule has 74 valence electrons. The van der Waals surface area contributed by atoms with Crippen molar-refractivity contribution in [3.8, 4) is 0 Å². The number of urea groups is 1. The fourth-order valence-corrected chi connectivity index (χ4v) is 1.94. The molecule has 0 aliphatic carbocycles. The molecule has 1 aromatic rings. The van der Waals surface area contributed by atoms with Crippen LogP contribution in [0.4, 0.5) is 10.5 Å². The van der Waals surface area contributed by atoms with Gasteiger partial charge in [-0.25, -0.2) is 4.79 Å². The number of amides is 2. The lowest BCUT2D eigenvalue weighted by Gasteiger charge is -2.14. The van der Waals surface area contributed by atoms with E-state index in [-0.39, 0.29) is 12.1 Å². The Morgan fingerprint density at radius 3 is 2.93 bits per heavy atom. The van der Waals surface area contributed by atoms with Gasteiger partial charge in [-0.05, 0) is 25.1 Å². The first-order valence-electron chi connectivity index (χ1n) is 4.50. The summed E-state index contributed by atoms with van der Waals surface area (Å²) in [5.41, 5.74) is 0.932. The van der Waals surface area contributed by atoms with E-state index in [4.69, 9.17) is 0 Å². The zero-order chi connectivity index (χ0) is 10.1. The Bertz CT molecular complexity index is 367. The molecule has 1 aromatic carbocycles. The van der Waals surface area contributed by atoms with Crippen LogP contribution in [0.2, 0.25) is 0 Å². The maximum Gasteiger partial charge on any atom is 0.322 e.